The van der Waals surface area contributed by atoms with Gasteiger partial charge in [-0.1, -0.05) is 6.92 Å². The van der Waals surface area contributed by atoms with Gasteiger partial charge >= 0.3 is 0 Å². The van der Waals surface area contributed by atoms with Gasteiger partial charge in [0.15, 0.2) is 6.23 Å². The molecule has 1 aliphatic carbocycles. The van der Waals surface area contributed by atoms with Crippen molar-refractivity contribution in [2.45, 2.75) is 39.3 Å². The maximum absolute atomic E-state index is 10.2. The van der Waals surface area contributed by atoms with Gasteiger partial charge < -0.3 is 5.11 Å². The molecule has 0 spiro atoms. The number of amidine groups is 1. The van der Waals surface area contributed by atoms with E-state index in [2.05, 4.69) is 11.9 Å². The number of hydrazine groups is 1. The molecule has 0 aromatic carbocycles. The fourth-order valence-electron chi connectivity index (χ4n) is 2.63. The number of hydrogen-bond acceptors (Lipinski definition) is 5. The molecule has 0 radical (unpaired) electrons. The zero-order valence-electron chi connectivity index (χ0n) is 10.1. The summed E-state index contributed by atoms with van der Waals surface area (Å²) in [5, 5.41) is 12.5. The molecule has 1 aromatic rings. The molecule has 2 heterocycles. The Morgan fingerprint density at radius 1 is 1.53 bits per heavy atom. The van der Waals surface area contributed by atoms with Crippen LogP contribution in [0.3, 0.4) is 0 Å². The monoisotopic (exact) mass is 251 g/mol. The Morgan fingerprint density at radius 2 is 2.29 bits per heavy atom. The number of nitrogens with zero attached hydrogens (tertiary/aromatic N) is 2. The van der Waals surface area contributed by atoms with E-state index in [0.717, 1.165) is 29.3 Å². The van der Waals surface area contributed by atoms with Crippen LogP contribution in [0, 0.1) is 5.92 Å². The second-order valence-corrected chi connectivity index (χ2v) is 6.09. The maximum Gasteiger partial charge on any atom is 0.171 e. The summed E-state index contributed by atoms with van der Waals surface area (Å²) in [5.41, 5.74) is 2.24. The van der Waals surface area contributed by atoms with Crippen LogP contribution in [0.25, 0.3) is 0 Å². The van der Waals surface area contributed by atoms with E-state index in [0.29, 0.717) is 5.84 Å². The van der Waals surface area contributed by atoms with Gasteiger partial charge in [-0.2, -0.15) is 0 Å². The minimum Gasteiger partial charge on any atom is -0.368 e. The van der Waals surface area contributed by atoms with Gasteiger partial charge in [0, 0.05) is 10.4 Å². The van der Waals surface area contributed by atoms with E-state index in [1.165, 1.54) is 21.9 Å². The Morgan fingerprint density at radius 3 is 3.06 bits per heavy atom. The first-order valence-electron chi connectivity index (χ1n) is 5.99. The minimum absolute atomic E-state index is 0.677. The van der Waals surface area contributed by atoms with E-state index in [9.17, 15) is 5.11 Å². The average molecular weight is 251 g/mol. The van der Waals surface area contributed by atoms with E-state index >= 15 is 0 Å². The number of fused-ring (bicyclic) bond motifs is 3. The van der Waals surface area contributed by atoms with Crippen molar-refractivity contribution in [3.63, 3.8) is 0 Å². The molecule has 3 N–H and O–H groups in total. The van der Waals surface area contributed by atoms with Crippen molar-refractivity contribution in [3.05, 3.63) is 16.0 Å². The quantitative estimate of drug-likeness (QED) is 0.694. The number of aliphatic hydroxyl groups excluding tert-OH is 1. The zero-order valence-corrected chi connectivity index (χ0v) is 10.9. The number of thiophene rings is 1. The molecule has 1 aliphatic heterocycles. The first-order valence-corrected chi connectivity index (χ1v) is 6.81. The van der Waals surface area contributed by atoms with Crippen LogP contribution in [0.4, 0.5) is 5.00 Å². The van der Waals surface area contributed by atoms with Crippen molar-refractivity contribution in [2.75, 3.05) is 0 Å². The molecule has 0 unspecified atom stereocenters. The maximum atomic E-state index is 10.2. The Bertz CT molecular complexity index is 494. The molecule has 0 saturated carbocycles. The van der Waals surface area contributed by atoms with Crippen molar-refractivity contribution in [1.29, 1.82) is 0 Å². The van der Waals surface area contributed by atoms with E-state index < -0.39 is 6.23 Å². The molecule has 1 aromatic heterocycles. The van der Waals surface area contributed by atoms with Crippen LogP contribution in [0.1, 0.15) is 42.5 Å². The van der Waals surface area contributed by atoms with E-state index in [4.69, 9.17) is 5.84 Å². The second kappa shape index (κ2) is 3.80. The van der Waals surface area contributed by atoms with Gasteiger partial charge in [-0.25, -0.2) is 10.8 Å². The summed E-state index contributed by atoms with van der Waals surface area (Å²) in [6, 6.07) is 0. The Labute approximate surface area is 105 Å². The van der Waals surface area contributed by atoms with Gasteiger partial charge in [0.1, 0.15) is 10.8 Å². The van der Waals surface area contributed by atoms with Crippen molar-refractivity contribution in [2.24, 2.45) is 16.8 Å². The Balaban J connectivity index is 2.13. The highest BCUT2D eigenvalue weighted by atomic mass is 32.1. The van der Waals surface area contributed by atoms with Crippen LogP contribution in [0.2, 0.25) is 0 Å². The molecule has 0 fully saturated rings. The summed E-state index contributed by atoms with van der Waals surface area (Å²) in [5.74, 6) is 7.23. The molecule has 0 bridgehead atoms. The van der Waals surface area contributed by atoms with Crippen LogP contribution in [0.5, 0.6) is 0 Å². The summed E-state index contributed by atoms with van der Waals surface area (Å²) in [6.45, 7) is 4.11. The molecule has 3 rings (SSSR count). The molecule has 17 heavy (non-hydrogen) atoms. The fourth-order valence-corrected chi connectivity index (χ4v) is 4.08. The number of aliphatic imine (C=N–C) groups is 1. The summed E-state index contributed by atoms with van der Waals surface area (Å²) in [4.78, 5) is 5.87. The van der Waals surface area contributed by atoms with Crippen LogP contribution in [-0.2, 0) is 12.8 Å². The lowest BCUT2D eigenvalue weighted by Gasteiger charge is -2.29. The highest BCUT2D eigenvalue weighted by Crippen LogP contribution is 2.46. The molecule has 4 nitrogen and oxygen atoms in total. The molecular formula is C12H17N3OS. The van der Waals surface area contributed by atoms with E-state index in [1.807, 2.05) is 6.92 Å². The van der Waals surface area contributed by atoms with Crippen molar-refractivity contribution < 1.29 is 5.11 Å². The van der Waals surface area contributed by atoms with Crippen LogP contribution < -0.4 is 5.84 Å². The number of aliphatic hydroxyl groups is 1. The first kappa shape index (κ1) is 11.2. The van der Waals surface area contributed by atoms with Crippen molar-refractivity contribution in [3.8, 4) is 0 Å². The SMILES string of the molecule is CC1=Nc2sc3c(c2[C@H](O)N1N)CC[C@@H](C)C3. The zero-order chi connectivity index (χ0) is 12.2. The summed E-state index contributed by atoms with van der Waals surface area (Å²) in [7, 11) is 0. The highest BCUT2D eigenvalue weighted by molar-refractivity contribution is 7.16. The van der Waals surface area contributed by atoms with E-state index in [1.54, 1.807) is 11.3 Å². The Kier molecular flexibility index (Phi) is 2.50. The summed E-state index contributed by atoms with van der Waals surface area (Å²) >= 11 is 1.72. The lowest BCUT2D eigenvalue weighted by atomic mass is 9.88. The topological polar surface area (TPSA) is 61.9 Å². The lowest BCUT2D eigenvalue weighted by Crippen LogP contribution is -2.41. The third kappa shape index (κ3) is 1.61. The van der Waals surface area contributed by atoms with Gasteiger partial charge in [-0.05, 0) is 37.7 Å². The molecule has 2 atom stereocenters. The van der Waals surface area contributed by atoms with Crippen molar-refractivity contribution >= 4 is 22.2 Å². The third-order valence-corrected chi connectivity index (χ3v) is 4.86. The molecule has 0 amide bonds. The molecule has 2 aliphatic rings. The predicted molar refractivity (Wildman–Crippen MR) is 69.3 cm³/mol. The van der Waals surface area contributed by atoms with Crippen LogP contribution >= 0.6 is 11.3 Å². The number of hydrogen-bond donors (Lipinski definition) is 2. The van der Waals surface area contributed by atoms with Gasteiger partial charge in [-0.3, -0.25) is 5.01 Å². The van der Waals surface area contributed by atoms with Gasteiger partial charge in [0.2, 0.25) is 0 Å². The molecular weight excluding hydrogens is 234 g/mol. The summed E-state index contributed by atoms with van der Waals surface area (Å²) in [6.07, 6.45) is 2.62. The molecule has 5 heteroatoms. The fraction of sp³-hybridized carbons (Fsp3) is 0.583. The normalized spacial score (nSPS) is 27.5. The molecule has 0 saturated heterocycles. The predicted octanol–water partition coefficient (Wildman–Crippen LogP) is 2.10. The largest absolute Gasteiger partial charge is 0.368 e. The summed E-state index contributed by atoms with van der Waals surface area (Å²) < 4.78 is 0. The highest BCUT2D eigenvalue weighted by Gasteiger charge is 2.32. The second-order valence-electron chi connectivity index (χ2n) is 5.01. The number of rotatable bonds is 0. The van der Waals surface area contributed by atoms with Crippen molar-refractivity contribution in [1.82, 2.24) is 5.01 Å². The number of nitrogens with two attached hydrogens (primary N) is 1. The van der Waals surface area contributed by atoms with Gasteiger partial charge in [0.25, 0.3) is 0 Å². The third-order valence-electron chi connectivity index (χ3n) is 3.69. The minimum atomic E-state index is -0.726. The van der Waals surface area contributed by atoms with Crippen LogP contribution in [0.15, 0.2) is 4.99 Å². The smallest absolute Gasteiger partial charge is 0.171 e. The van der Waals surface area contributed by atoms with E-state index in [-0.39, 0.29) is 0 Å². The molecule has 92 valence electrons. The average Bonchev–Trinajstić information content (AvgIpc) is 2.63. The lowest BCUT2D eigenvalue weighted by molar-refractivity contribution is 0.0493. The van der Waals surface area contributed by atoms with Gasteiger partial charge in [-0.15, -0.1) is 11.3 Å². The standard InChI is InChI=1S/C12H17N3OS/c1-6-3-4-8-9(5-6)17-11-10(8)12(16)15(13)7(2)14-11/h6,12,16H,3-5,13H2,1-2H3/t6-,12+/m1/s1. The van der Waals surface area contributed by atoms with Gasteiger partial charge in [0.05, 0.1) is 0 Å². The first-order chi connectivity index (χ1) is 8.08. The van der Waals surface area contributed by atoms with Crippen LogP contribution in [-0.4, -0.2) is 16.0 Å². The Hall–Kier alpha value is -0.910.